The fourth-order valence-corrected chi connectivity index (χ4v) is 3.60. The number of aromatic nitrogens is 4. The summed E-state index contributed by atoms with van der Waals surface area (Å²) in [6.45, 7) is 2.71. The molecule has 0 bridgehead atoms. The number of carbonyl (C=O) groups is 2. The number of anilines is 1. The van der Waals surface area contributed by atoms with Gasteiger partial charge in [-0.3, -0.25) is 14.3 Å². The van der Waals surface area contributed by atoms with Crippen molar-refractivity contribution in [1.29, 1.82) is 0 Å². The maximum atomic E-state index is 12.5. The number of rotatable bonds is 11. The highest BCUT2D eigenvalue weighted by Crippen LogP contribution is 2.24. The highest BCUT2D eigenvalue weighted by Gasteiger charge is 2.14. The number of aryl methyl sites for hydroxylation is 2. The Bertz CT molecular complexity index is 1300. The van der Waals surface area contributed by atoms with Crippen molar-refractivity contribution in [2.45, 2.75) is 39.3 Å². The number of nitrogens with one attached hydrogen (secondary N) is 2. The van der Waals surface area contributed by atoms with E-state index in [9.17, 15) is 9.59 Å². The molecule has 0 unspecified atom stereocenters. The van der Waals surface area contributed by atoms with Gasteiger partial charge in [-0.1, -0.05) is 18.2 Å². The summed E-state index contributed by atoms with van der Waals surface area (Å²) in [5.74, 6) is 1.60. The molecule has 2 aromatic heterocycles. The molecule has 0 spiro atoms. The van der Waals surface area contributed by atoms with Crippen LogP contribution in [0.3, 0.4) is 0 Å². The number of methoxy groups -OCH3 is 1. The lowest BCUT2D eigenvalue weighted by atomic mass is 10.1. The normalized spacial score (nSPS) is 10.7. The number of oxazole rings is 1. The van der Waals surface area contributed by atoms with Crippen LogP contribution in [0.15, 0.2) is 65.6 Å². The minimum absolute atomic E-state index is 0.0689. The van der Waals surface area contributed by atoms with Gasteiger partial charge in [0.1, 0.15) is 29.9 Å². The number of amides is 2. The molecule has 2 amide bonds. The summed E-state index contributed by atoms with van der Waals surface area (Å²) >= 11 is 0. The molecule has 0 atom stereocenters. The van der Waals surface area contributed by atoms with E-state index in [4.69, 9.17) is 9.15 Å². The van der Waals surface area contributed by atoms with Gasteiger partial charge in [-0.2, -0.15) is 5.10 Å². The van der Waals surface area contributed by atoms with Gasteiger partial charge in [0.05, 0.1) is 20.1 Å². The molecule has 2 N–H and O–H groups in total. The Morgan fingerprint density at radius 1 is 1.11 bits per heavy atom. The molecule has 0 aliphatic carbocycles. The molecule has 10 heteroatoms. The van der Waals surface area contributed by atoms with Gasteiger partial charge >= 0.3 is 0 Å². The van der Waals surface area contributed by atoms with Crippen LogP contribution in [-0.2, 0) is 29.1 Å². The number of ether oxygens (including phenoxy) is 1. The molecular weight excluding hydrogens is 460 g/mol. The largest absolute Gasteiger partial charge is 0.497 e. The van der Waals surface area contributed by atoms with Gasteiger partial charge in [-0.25, -0.2) is 9.97 Å². The molecule has 0 saturated carbocycles. The van der Waals surface area contributed by atoms with Crippen molar-refractivity contribution >= 4 is 17.5 Å². The molecule has 36 heavy (non-hydrogen) atoms. The lowest BCUT2D eigenvalue weighted by Crippen LogP contribution is -2.23. The Morgan fingerprint density at radius 2 is 1.94 bits per heavy atom. The third-order valence-corrected chi connectivity index (χ3v) is 5.52. The first kappa shape index (κ1) is 24.6. The van der Waals surface area contributed by atoms with Crippen LogP contribution in [0.1, 0.15) is 29.9 Å². The third kappa shape index (κ3) is 6.78. The van der Waals surface area contributed by atoms with Gasteiger partial charge < -0.3 is 19.8 Å². The standard InChI is InChI=1S/C26H28N6O4/c1-18-23(15-28-24(33)7-4-12-32-17-27-16-29-32)31-26(36-18)20-5-3-6-21(14-20)30-25(34)13-19-8-10-22(35-2)11-9-19/h3,5-6,8-11,14,16-17H,4,7,12-13,15H2,1-2H3,(H,28,33)(H,30,34). The van der Waals surface area contributed by atoms with Crippen molar-refractivity contribution < 1.29 is 18.7 Å². The van der Waals surface area contributed by atoms with Crippen LogP contribution in [0.4, 0.5) is 5.69 Å². The van der Waals surface area contributed by atoms with Gasteiger partial charge in [0.2, 0.25) is 17.7 Å². The van der Waals surface area contributed by atoms with Crippen molar-refractivity contribution in [1.82, 2.24) is 25.1 Å². The predicted molar refractivity (Wildman–Crippen MR) is 133 cm³/mol. The number of benzene rings is 2. The van der Waals surface area contributed by atoms with E-state index in [0.717, 1.165) is 16.9 Å². The first-order chi connectivity index (χ1) is 17.5. The van der Waals surface area contributed by atoms with Crippen molar-refractivity contribution in [2.24, 2.45) is 0 Å². The average molecular weight is 489 g/mol. The second-order valence-electron chi connectivity index (χ2n) is 8.21. The van der Waals surface area contributed by atoms with E-state index in [0.29, 0.717) is 42.4 Å². The Hall–Kier alpha value is -4.47. The number of nitrogens with zero attached hydrogens (tertiary/aromatic N) is 4. The number of hydrogen-bond donors (Lipinski definition) is 2. The Morgan fingerprint density at radius 3 is 2.69 bits per heavy atom. The predicted octanol–water partition coefficient (Wildman–Crippen LogP) is 3.53. The molecule has 186 valence electrons. The topological polar surface area (TPSA) is 124 Å². The van der Waals surface area contributed by atoms with Crippen LogP contribution in [0.2, 0.25) is 0 Å². The summed E-state index contributed by atoms with van der Waals surface area (Å²) in [6, 6.07) is 14.7. The minimum Gasteiger partial charge on any atom is -0.497 e. The molecule has 0 fully saturated rings. The maximum Gasteiger partial charge on any atom is 0.228 e. The lowest BCUT2D eigenvalue weighted by Gasteiger charge is -2.07. The zero-order valence-corrected chi connectivity index (χ0v) is 20.2. The first-order valence-electron chi connectivity index (χ1n) is 11.6. The Kier molecular flexibility index (Phi) is 8.07. The van der Waals surface area contributed by atoms with E-state index in [1.165, 1.54) is 6.33 Å². The SMILES string of the molecule is COc1ccc(CC(=O)Nc2cccc(-c3nc(CNC(=O)CCCn4cncn4)c(C)o3)c2)cc1. The van der Waals surface area contributed by atoms with Gasteiger partial charge in [0.25, 0.3) is 0 Å². The fraction of sp³-hybridized carbons (Fsp3) is 0.269. The lowest BCUT2D eigenvalue weighted by molar-refractivity contribution is -0.121. The second-order valence-corrected chi connectivity index (χ2v) is 8.21. The smallest absolute Gasteiger partial charge is 0.228 e. The van der Waals surface area contributed by atoms with E-state index in [-0.39, 0.29) is 24.8 Å². The van der Waals surface area contributed by atoms with E-state index in [2.05, 4.69) is 25.7 Å². The molecular formula is C26H28N6O4. The van der Waals surface area contributed by atoms with Crippen LogP contribution >= 0.6 is 0 Å². The summed E-state index contributed by atoms with van der Waals surface area (Å²) in [5, 5.41) is 9.81. The van der Waals surface area contributed by atoms with Crippen molar-refractivity contribution in [2.75, 3.05) is 12.4 Å². The second kappa shape index (κ2) is 11.8. The minimum atomic E-state index is -0.131. The molecule has 4 rings (SSSR count). The van der Waals surface area contributed by atoms with Crippen LogP contribution < -0.4 is 15.4 Å². The van der Waals surface area contributed by atoms with Crippen molar-refractivity contribution in [3.05, 3.63) is 78.2 Å². The Labute approximate surface area is 208 Å². The summed E-state index contributed by atoms with van der Waals surface area (Å²) in [7, 11) is 1.60. The molecule has 0 aliphatic heterocycles. The number of carbonyl (C=O) groups excluding carboxylic acids is 2. The van der Waals surface area contributed by atoms with Crippen molar-refractivity contribution in [3.8, 4) is 17.2 Å². The molecule has 2 aromatic carbocycles. The van der Waals surface area contributed by atoms with Crippen LogP contribution in [-0.4, -0.2) is 38.7 Å². The van der Waals surface area contributed by atoms with Gasteiger partial charge in [-0.15, -0.1) is 0 Å². The molecule has 0 aliphatic rings. The first-order valence-corrected chi connectivity index (χ1v) is 11.6. The quantitative estimate of drug-likeness (QED) is 0.331. The fourth-order valence-electron chi connectivity index (χ4n) is 3.60. The molecule has 0 radical (unpaired) electrons. The van der Waals surface area contributed by atoms with Gasteiger partial charge in [0, 0.05) is 24.2 Å². The number of hydrogen-bond acceptors (Lipinski definition) is 7. The average Bonchev–Trinajstić information content (AvgIpc) is 3.53. The van der Waals surface area contributed by atoms with Crippen molar-refractivity contribution in [3.63, 3.8) is 0 Å². The van der Waals surface area contributed by atoms with E-state index in [1.807, 2.05) is 55.5 Å². The van der Waals surface area contributed by atoms with Crippen LogP contribution in [0.25, 0.3) is 11.5 Å². The van der Waals surface area contributed by atoms with Crippen LogP contribution in [0.5, 0.6) is 5.75 Å². The summed E-state index contributed by atoms with van der Waals surface area (Å²) in [6.07, 6.45) is 4.38. The molecule has 2 heterocycles. The molecule has 10 nitrogen and oxygen atoms in total. The zero-order chi connectivity index (χ0) is 25.3. The Balaban J connectivity index is 1.30. The maximum absolute atomic E-state index is 12.5. The van der Waals surface area contributed by atoms with Gasteiger partial charge in [0.15, 0.2) is 0 Å². The highest BCUT2D eigenvalue weighted by atomic mass is 16.5. The monoisotopic (exact) mass is 488 g/mol. The van der Waals surface area contributed by atoms with E-state index < -0.39 is 0 Å². The van der Waals surface area contributed by atoms with Gasteiger partial charge in [-0.05, 0) is 49.2 Å². The summed E-state index contributed by atoms with van der Waals surface area (Å²) in [5.41, 5.74) is 2.91. The van der Waals surface area contributed by atoms with E-state index in [1.54, 1.807) is 18.1 Å². The molecule has 4 aromatic rings. The van der Waals surface area contributed by atoms with E-state index >= 15 is 0 Å². The zero-order valence-electron chi connectivity index (χ0n) is 20.2. The van der Waals surface area contributed by atoms with Crippen LogP contribution in [0, 0.1) is 6.92 Å². The summed E-state index contributed by atoms with van der Waals surface area (Å²) in [4.78, 5) is 33.1. The highest BCUT2D eigenvalue weighted by molar-refractivity contribution is 5.92. The third-order valence-electron chi connectivity index (χ3n) is 5.52. The summed E-state index contributed by atoms with van der Waals surface area (Å²) < 4.78 is 12.7. The molecule has 0 saturated heterocycles.